The molecule has 0 aliphatic rings. The number of aryl methyl sites for hydroxylation is 1. The Morgan fingerprint density at radius 2 is 1.76 bits per heavy atom. The third-order valence-electron chi connectivity index (χ3n) is 3.03. The quantitative estimate of drug-likeness (QED) is 0.698. The summed E-state index contributed by atoms with van der Waals surface area (Å²) in [6, 6.07) is 17.7. The molecule has 0 N–H and O–H groups in total. The predicted octanol–water partition coefficient (Wildman–Crippen LogP) is 4.78. The minimum absolute atomic E-state index is 0.316. The van der Waals surface area contributed by atoms with Crippen molar-refractivity contribution in [3.05, 3.63) is 71.6 Å². The maximum atomic E-state index is 6.25. The van der Waals surface area contributed by atoms with E-state index >= 15 is 0 Å². The summed E-state index contributed by atoms with van der Waals surface area (Å²) < 4.78 is 5.22. The predicted molar refractivity (Wildman–Crippen MR) is 84.6 cm³/mol. The zero-order chi connectivity index (χ0) is 14.7. The average Bonchev–Trinajstić information content (AvgIpc) is 3.00. The van der Waals surface area contributed by atoms with Gasteiger partial charge in [-0.25, -0.2) is 0 Å². The molecule has 3 rings (SSSR count). The van der Waals surface area contributed by atoms with Gasteiger partial charge in [0.05, 0.1) is 0 Å². The molecular weight excluding hydrogens is 284 g/mol. The van der Waals surface area contributed by atoms with Gasteiger partial charge in [-0.15, -0.1) is 0 Å². The lowest BCUT2D eigenvalue weighted by molar-refractivity contribution is 0.410. The van der Waals surface area contributed by atoms with E-state index in [1.54, 1.807) is 0 Å². The highest BCUT2D eigenvalue weighted by Gasteiger charge is 2.11. The van der Waals surface area contributed by atoms with Crippen LogP contribution in [0.25, 0.3) is 22.5 Å². The molecule has 0 radical (unpaired) electrons. The summed E-state index contributed by atoms with van der Waals surface area (Å²) >= 11 is 6.25. The first-order chi connectivity index (χ1) is 10.2. The van der Waals surface area contributed by atoms with E-state index in [0.29, 0.717) is 16.7 Å². The minimum atomic E-state index is 0.316. The van der Waals surface area contributed by atoms with Gasteiger partial charge in [-0.3, -0.25) is 0 Å². The molecule has 0 fully saturated rings. The fourth-order valence-corrected chi connectivity index (χ4v) is 2.10. The molecule has 0 saturated heterocycles. The third-order valence-corrected chi connectivity index (χ3v) is 3.30. The fourth-order valence-electron chi connectivity index (χ4n) is 1.90. The summed E-state index contributed by atoms with van der Waals surface area (Å²) in [5.74, 6) is 0.845. The number of hydrogen-bond acceptors (Lipinski definition) is 3. The van der Waals surface area contributed by atoms with E-state index in [9.17, 15) is 0 Å². The highest BCUT2D eigenvalue weighted by Crippen LogP contribution is 2.23. The van der Waals surface area contributed by atoms with E-state index in [1.807, 2.05) is 67.6 Å². The van der Waals surface area contributed by atoms with Crippen LogP contribution in [0, 0.1) is 6.92 Å². The molecule has 0 bridgehead atoms. The Balaban J connectivity index is 1.87. The lowest BCUT2D eigenvalue weighted by Crippen LogP contribution is -1.81. The van der Waals surface area contributed by atoms with E-state index in [4.69, 9.17) is 16.1 Å². The molecule has 4 heteroatoms. The zero-order valence-corrected chi connectivity index (χ0v) is 12.2. The topological polar surface area (TPSA) is 38.9 Å². The molecule has 1 aromatic heterocycles. The monoisotopic (exact) mass is 296 g/mol. The lowest BCUT2D eigenvalue weighted by Gasteiger charge is -1.95. The molecule has 104 valence electrons. The lowest BCUT2D eigenvalue weighted by atomic mass is 10.1. The standard InChI is InChI=1S/C17H13ClN2O/c1-12-7-9-13(10-8-12)11-15(18)17-19-16(20-21-17)14-5-3-2-4-6-14/h2-11H,1H3/b15-11-. The molecule has 1 heterocycles. The Morgan fingerprint density at radius 3 is 2.48 bits per heavy atom. The van der Waals surface area contributed by atoms with Crippen molar-refractivity contribution in [1.29, 1.82) is 0 Å². The first kappa shape index (κ1) is 13.6. The van der Waals surface area contributed by atoms with Crippen molar-refractivity contribution < 1.29 is 4.52 Å². The first-order valence-corrected chi connectivity index (χ1v) is 6.93. The Bertz CT molecular complexity index is 761. The largest absolute Gasteiger partial charge is 0.333 e. The van der Waals surface area contributed by atoms with Gasteiger partial charge in [0.25, 0.3) is 5.89 Å². The van der Waals surface area contributed by atoms with Gasteiger partial charge >= 0.3 is 0 Å². The van der Waals surface area contributed by atoms with Crippen LogP contribution in [-0.4, -0.2) is 10.1 Å². The van der Waals surface area contributed by atoms with Crippen molar-refractivity contribution in [3.63, 3.8) is 0 Å². The molecule has 0 amide bonds. The Labute approximate surface area is 127 Å². The van der Waals surface area contributed by atoms with E-state index in [-0.39, 0.29) is 0 Å². The van der Waals surface area contributed by atoms with Crippen LogP contribution in [0.4, 0.5) is 0 Å². The highest BCUT2D eigenvalue weighted by molar-refractivity contribution is 6.50. The van der Waals surface area contributed by atoms with Gasteiger partial charge in [-0.2, -0.15) is 4.98 Å². The van der Waals surface area contributed by atoms with Gasteiger partial charge in [0.15, 0.2) is 0 Å². The Morgan fingerprint density at radius 1 is 1.05 bits per heavy atom. The van der Waals surface area contributed by atoms with Crippen LogP contribution in [0.1, 0.15) is 17.0 Å². The first-order valence-electron chi connectivity index (χ1n) is 6.56. The average molecular weight is 297 g/mol. The number of benzene rings is 2. The van der Waals surface area contributed by atoms with Crippen molar-refractivity contribution in [3.8, 4) is 11.4 Å². The van der Waals surface area contributed by atoms with E-state index in [0.717, 1.165) is 11.1 Å². The van der Waals surface area contributed by atoms with Crippen LogP contribution in [0.5, 0.6) is 0 Å². The van der Waals surface area contributed by atoms with Crippen molar-refractivity contribution in [2.75, 3.05) is 0 Å². The second-order valence-electron chi connectivity index (χ2n) is 4.69. The minimum Gasteiger partial charge on any atom is -0.333 e. The van der Waals surface area contributed by atoms with Gasteiger partial charge < -0.3 is 4.52 Å². The summed E-state index contributed by atoms with van der Waals surface area (Å²) in [7, 11) is 0. The maximum absolute atomic E-state index is 6.25. The van der Waals surface area contributed by atoms with Gasteiger partial charge in [-0.1, -0.05) is 76.9 Å². The molecule has 0 atom stereocenters. The fraction of sp³-hybridized carbons (Fsp3) is 0.0588. The van der Waals surface area contributed by atoms with E-state index in [2.05, 4.69) is 10.1 Å². The summed E-state index contributed by atoms with van der Waals surface area (Å²) in [6.07, 6.45) is 1.81. The van der Waals surface area contributed by atoms with Crippen LogP contribution in [0.2, 0.25) is 0 Å². The SMILES string of the molecule is Cc1ccc(/C=C(\Cl)c2nc(-c3ccccc3)no2)cc1. The molecule has 0 aliphatic heterocycles. The number of halogens is 1. The zero-order valence-electron chi connectivity index (χ0n) is 11.5. The Kier molecular flexibility index (Phi) is 3.84. The van der Waals surface area contributed by atoms with E-state index < -0.39 is 0 Å². The molecule has 0 unspecified atom stereocenters. The smallest absolute Gasteiger partial charge is 0.269 e. The molecular formula is C17H13ClN2O. The molecule has 21 heavy (non-hydrogen) atoms. The number of rotatable bonds is 3. The third kappa shape index (κ3) is 3.20. The van der Waals surface area contributed by atoms with Crippen LogP contribution < -0.4 is 0 Å². The van der Waals surface area contributed by atoms with Crippen molar-refractivity contribution in [2.45, 2.75) is 6.92 Å². The van der Waals surface area contributed by atoms with Gasteiger partial charge in [-0.05, 0) is 18.6 Å². The molecule has 2 aromatic carbocycles. The summed E-state index contributed by atoms with van der Waals surface area (Å²) in [5.41, 5.74) is 3.09. The summed E-state index contributed by atoms with van der Waals surface area (Å²) in [4.78, 5) is 4.32. The van der Waals surface area contributed by atoms with Crippen LogP contribution in [0.3, 0.4) is 0 Å². The number of hydrogen-bond donors (Lipinski definition) is 0. The molecule has 3 nitrogen and oxygen atoms in total. The summed E-state index contributed by atoms with van der Waals surface area (Å²) in [6.45, 7) is 2.04. The van der Waals surface area contributed by atoms with Crippen molar-refractivity contribution >= 4 is 22.7 Å². The number of nitrogens with zero attached hydrogens (tertiary/aromatic N) is 2. The summed E-state index contributed by atoms with van der Waals surface area (Å²) in [5, 5.41) is 4.38. The van der Waals surface area contributed by atoms with Gasteiger partial charge in [0.1, 0.15) is 5.03 Å². The van der Waals surface area contributed by atoms with Crippen molar-refractivity contribution in [1.82, 2.24) is 10.1 Å². The van der Waals surface area contributed by atoms with Gasteiger partial charge in [0, 0.05) is 5.56 Å². The van der Waals surface area contributed by atoms with Gasteiger partial charge in [0.2, 0.25) is 5.82 Å². The van der Waals surface area contributed by atoms with Crippen molar-refractivity contribution in [2.24, 2.45) is 0 Å². The molecule has 3 aromatic rings. The Hall–Kier alpha value is -2.39. The van der Waals surface area contributed by atoms with Crippen LogP contribution >= 0.6 is 11.6 Å². The number of aromatic nitrogens is 2. The maximum Gasteiger partial charge on any atom is 0.269 e. The highest BCUT2D eigenvalue weighted by atomic mass is 35.5. The normalized spacial score (nSPS) is 11.6. The molecule has 0 saturated carbocycles. The second kappa shape index (κ2) is 5.94. The van der Waals surface area contributed by atoms with E-state index in [1.165, 1.54) is 5.56 Å². The molecule has 0 spiro atoms. The second-order valence-corrected chi connectivity index (χ2v) is 5.10. The van der Waals surface area contributed by atoms with Crippen LogP contribution in [0.15, 0.2) is 59.1 Å². The molecule has 0 aliphatic carbocycles. The van der Waals surface area contributed by atoms with Crippen LogP contribution in [-0.2, 0) is 0 Å².